The fourth-order valence-corrected chi connectivity index (χ4v) is 2.33. The van der Waals surface area contributed by atoms with Gasteiger partial charge in [-0.2, -0.15) is 0 Å². The molecule has 2 N–H and O–H groups in total. The van der Waals surface area contributed by atoms with Crippen LogP contribution in [0.5, 0.6) is 5.75 Å². The Hall–Kier alpha value is -1.71. The average Bonchev–Trinajstić information content (AvgIpc) is 2.80. The minimum atomic E-state index is 0.385. The number of halogens is 2. The number of ether oxygens (including phenoxy) is 1. The van der Waals surface area contributed by atoms with E-state index in [1.807, 2.05) is 24.3 Å². The average molecular weight is 294 g/mol. The lowest BCUT2D eigenvalue weighted by Gasteiger charge is -2.04. The molecule has 0 amide bonds. The Morgan fingerprint density at radius 3 is 2.74 bits per heavy atom. The van der Waals surface area contributed by atoms with E-state index in [0.29, 0.717) is 22.4 Å². The molecular weight excluding hydrogens is 283 g/mol. The molecule has 0 spiro atoms. The Morgan fingerprint density at radius 2 is 1.95 bits per heavy atom. The molecular formula is C14H11Cl2N2O+. The first-order chi connectivity index (χ1) is 9.22. The minimum absolute atomic E-state index is 0.385. The van der Waals surface area contributed by atoms with E-state index in [0.717, 1.165) is 16.9 Å². The molecule has 0 aliphatic heterocycles. The standard InChI is InChI=1S/C14H10Cl2N2O/c15-9-5-6-13(10(16)7-9)19-8-14-17-11-3-1-2-4-12(11)18-14/h1-7H,8H2,(H,17,18)/p+1. The van der Waals surface area contributed by atoms with Crippen molar-refractivity contribution in [1.82, 2.24) is 4.98 Å². The van der Waals surface area contributed by atoms with Crippen molar-refractivity contribution < 1.29 is 9.72 Å². The minimum Gasteiger partial charge on any atom is -0.479 e. The predicted molar refractivity (Wildman–Crippen MR) is 75.6 cm³/mol. The topological polar surface area (TPSA) is 39.2 Å². The summed E-state index contributed by atoms with van der Waals surface area (Å²) < 4.78 is 5.65. The molecule has 1 heterocycles. The Morgan fingerprint density at radius 1 is 1.11 bits per heavy atom. The van der Waals surface area contributed by atoms with Crippen LogP contribution in [0.15, 0.2) is 42.5 Å². The number of aromatic amines is 2. The molecule has 0 radical (unpaired) electrons. The summed E-state index contributed by atoms with van der Waals surface area (Å²) in [5.41, 5.74) is 2.09. The van der Waals surface area contributed by atoms with E-state index < -0.39 is 0 Å². The van der Waals surface area contributed by atoms with Crippen LogP contribution in [-0.2, 0) is 6.61 Å². The number of benzene rings is 2. The van der Waals surface area contributed by atoms with Gasteiger partial charge in [-0.05, 0) is 30.3 Å². The van der Waals surface area contributed by atoms with Crippen molar-refractivity contribution in [3.63, 3.8) is 0 Å². The van der Waals surface area contributed by atoms with Gasteiger partial charge in [0.25, 0.3) is 5.82 Å². The first-order valence-corrected chi connectivity index (χ1v) is 6.55. The predicted octanol–water partition coefficient (Wildman–Crippen LogP) is 3.87. The smallest absolute Gasteiger partial charge is 0.291 e. The maximum atomic E-state index is 6.04. The molecule has 0 fully saturated rings. The second kappa shape index (κ2) is 5.11. The third kappa shape index (κ3) is 2.67. The van der Waals surface area contributed by atoms with Crippen LogP contribution >= 0.6 is 23.2 Å². The van der Waals surface area contributed by atoms with Crippen molar-refractivity contribution >= 4 is 34.2 Å². The number of aromatic nitrogens is 2. The fourth-order valence-electron chi connectivity index (χ4n) is 1.87. The third-order valence-corrected chi connectivity index (χ3v) is 3.29. The monoisotopic (exact) mass is 293 g/mol. The molecule has 0 atom stereocenters. The molecule has 0 saturated carbocycles. The van der Waals surface area contributed by atoms with Gasteiger partial charge < -0.3 is 4.74 Å². The second-order valence-electron chi connectivity index (χ2n) is 4.14. The van der Waals surface area contributed by atoms with Crippen molar-refractivity contribution in [2.45, 2.75) is 6.61 Å². The van der Waals surface area contributed by atoms with Gasteiger partial charge >= 0.3 is 0 Å². The van der Waals surface area contributed by atoms with Gasteiger partial charge in [-0.3, -0.25) is 0 Å². The first-order valence-electron chi connectivity index (χ1n) is 5.79. The van der Waals surface area contributed by atoms with Crippen molar-refractivity contribution in [3.05, 3.63) is 58.3 Å². The number of H-pyrrole nitrogens is 2. The maximum Gasteiger partial charge on any atom is 0.291 e. The maximum absolute atomic E-state index is 6.04. The van der Waals surface area contributed by atoms with Crippen LogP contribution in [-0.4, -0.2) is 4.98 Å². The van der Waals surface area contributed by atoms with Crippen molar-refractivity contribution in [3.8, 4) is 5.75 Å². The van der Waals surface area contributed by atoms with Gasteiger partial charge in [0.15, 0.2) is 17.6 Å². The molecule has 5 heteroatoms. The molecule has 0 bridgehead atoms. The van der Waals surface area contributed by atoms with Gasteiger partial charge in [-0.15, -0.1) is 0 Å². The van der Waals surface area contributed by atoms with Crippen LogP contribution in [0.25, 0.3) is 11.0 Å². The summed E-state index contributed by atoms with van der Waals surface area (Å²) in [6.07, 6.45) is 0. The fraction of sp³-hybridized carbons (Fsp3) is 0.0714. The number of para-hydroxylation sites is 2. The van der Waals surface area contributed by atoms with Gasteiger partial charge in [0.2, 0.25) is 0 Å². The number of rotatable bonds is 3. The van der Waals surface area contributed by atoms with Crippen molar-refractivity contribution in [2.24, 2.45) is 0 Å². The Labute approximate surface area is 120 Å². The summed E-state index contributed by atoms with van der Waals surface area (Å²) in [5, 5.41) is 1.10. The van der Waals surface area contributed by atoms with Crippen LogP contribution in [0.1, 0.15) is 5.82 Å². The van der Waals surface area contributed by atoms with Crippen LogP contribution in [0, 0.1) is 0 Å². The quantitative estimate of drug-likeness (QED) is 0.782. The van der Waals surface area contributed by atoms with Gasteiger partial charge in [0.05, 0.1) is 5.02 Å². The number of fused-ring (bicyclic) bond motifs is 1. The molecule has 1 aromatic heterocycles. The van der Waals surface area contributed by atoms with Gasteiger partial charge in [-0.1, -0.05) is 35.3 Å². The van der Waals surface area contributed by atoms with E-state index in [9.17, 15) is 0 Å². The summed E-state index contributed by atoms with van der Waals surface area (Å²) in [7, 11) is 0. The zero-order chi connectivity index (χ0) is 13.2. The van der Waals surface area contributed by atoms with Gasteiger partial charge in [-0.25, -0.2) is 9.97 Å². The Kier molecular flexibility index (Phi) is 3.32. The number of imidazole rings is 1. The number of hydrogen-bond donors (Lipinski definition) is 1. The highest BCUT2D eigenvalue weighted by molar-refractivity contribution is 6.35. The molecule has 19 heavy (non-hydrogen) atoms. The number of nitrogens with one attached hydrogen (secondary N) is 2. The molecule has 2 aromatic carbocycles. The van der Waals surface area contributed by atoms with Crippen molar-refractivity contribution in [1.29, 1.82) is 0 Å². The lowest BCUT2D eigenvalue weighted by Crippen LogP contribution is -2.10. The van der Waals surface area contributed by atoms with Gasteiger partial charge in [0, 0.05) is 5.02 Å². The van der Waals surface area contributed by atoms with E-state index in [1.165, 1.54) is 0 Å². The van der Waals surface area contributed by atoms with Crippen LogP contribution < -0.4 is 9.72 Å². The molecule has 96 valence electrons. The summed E-state index contributed by atoms with van der Waals surface area (Å²) in [5.74, 6) is 1.49. The lowest BCUT2D eigenvalue weighted by atomic mass is 10.3. The van der Waals surface area contributed by atoms with Crippen LogP contribution in [0.2, 0.25) is 10.0 Å². The molecule has 0 unspecified atom stereocenters. The van der Waals surface area contributed by atoms with Crippen molar-refractivity contribution in [2.75, 3.05) is 0 Å². The SMILES string of the molecule is Clc1ccc(OCc2[nH]c3ccccc3[nH+]2)c(Cl)c1. The Balaban J connectivity index is 1.78. The third-order valence-electron chi connectivity index (χ3n) is 2.76. The van der Waals surface area contributed by atoms with E-state index >= 15 is 0 Å². The van der Waals surface area contributed by atoms with E-state index in [2.05, 4.69) is 9.97 Å². The molecule has 0 saturated heterocycles. The summed E-state index contributed by atoms with van der Waals surface area (Å²) in [6.45, 7) is 0.385. The molecule has 3 nitrogen and oxygen atoms in total. The molecule has 3 rings (SSSR count). The largest absolute Gasteiger partial charge is 0.479 e. The summed E-state index contributed by atoms with van der Waals surface area (Å²) in [6, 6.07) is 13.1. The van der Waals surface area contributed by atoms with Crippen LogP contribution in [0.3, 0.4) is 0 Å². The van der Waals surface area contributed by atoms with E-state index in [4.69, 9.17) is 27.9 Å². The van der Waals surface area contributed by atoms with E-state index in [-0.39, 0.29) is 0 Å². The summed E-state index contributed by atoms with van der Waals surface area (Å²) in [4.78, 5) is 6.49. The Bertz CT molecular complexity index is 691. The zero-order valence-corrected chi connectivity index (χ0v) is 11.4. The lowest BCUT2D eigenvalue weighted by molar-refractivity contribution is -0.362. The molecule has 0 aliphatic carbocycles. The van der Waals surface area contributed by atoms with Gasteiger partial charge in [0.1, 0.15) is 5.75 Å². The zero-order valence-electron chi connectivity index (χ0n) is 9.91. The first kappa shape index (κ1) is 12.3. The summed E-state index contributed by atoms with van der Waals surface area (Å²) >= 11 is 11.9. The highest BCUT2D eigenvalue weighted by atomic mass is 35.5. The van der Waals surface area contributed by atoms with E-state index in [1.54, 1.807) is 18.2 Å². The molecule has 3 aromatic rings. The second-order valence-corrected chi connectivity index (χ2v) is 4.98. The van der Waals surface area contributed by atoms with Crippen LogP contribution in [0.4, 0.5) is 0 Å². The highest BCUT2D eigenvalue weighted by Gasteiger charge is 2.10. The normalized spacial score (nSPS) is 10.8. The number of hydrogen-bond acceptors (Lipinski definition) is 1. The highest BCUT2D eigenvalue weighted by Crippen LogP contribution is 2.27. The molecule has 0 aliphatic rings.